The second-order valence-electron chi connectivity index (χ2n) is 3.42. The molecule has 0 spiro atoms. The van der Waals surface area contributed by atoms with E-state index in [9.17, 15) is 4.79 Å². The van der Waals surface area contributed by atoms with Crippen LogP contribution in [0.4, 0.5) is 0 Å². The summed E-state index contributed by atoms with van der Waals surface area (Å²) in [5.74, 6) is 0.743. The quantitative estimate of drug-likeness (QED) is 0.479. The van der Waals surface area contributed by atoms with Crippen molar-refractivity contribution in [2.24, 2.45) is 7.05 Å². The molecule has 17 heavy (non-hydrogen) atoms. The van der Waals surface area contributed by atoms with Crippen LogP contribution in [-0.4, -0.2) is 15.3 Å². The first-order chi connectivity index (χ1) is 8.22. The molecule has 0 aliphatic carbocycles. The second-order valence-corrected chi connectivity index (χ2v) is 5.10. The molecule has 1 aromatic carbocycles. The first kappa shape index (κ1) is 12.5. The molecule has 88 valence electrons. The van der Waals surface area contributed by atoms with Gasteiger partial charge in [-0.05, 0) is 46.3 Å². The number of halogens is 1. The van der Waals surface area contributed by atoms with Crippen LogP contribution in [0.15, 0.2) is 36.8 Å². The van der Waals surface area contributed by atoms with E-state index in [0.717, 1.165) is 5.75 Å². The van der Waals surface area contributed by atoms with Crippen LogP contribution in [0.3, 0.4) is 0 Å². The van der Waals surface area contributed by atoms with E-state index >= 15 is 0 Å². The summed E-state index contributed by atoms with van der Waals surface area (Å²) in [5.41, 5.74) is 1.21. The minimum atomic E-state index is -0.0338. The van der Waals surface area contributed by atoms with Crippen LogP contribution in [0, 0.1) is 0 Å². The molecular weight excluding hydrogens is 350 g/mol. The maximum absolute atomic E-state index is 12.1. The van der Waals surface area contributed by atoms with Crippen molar-refractivity contribution in [1.29, 1.82) is 0 Å². The number of benzene rings is 1. The summed E-state index contributed by atoms with van der Waals surface area (Å²) in [4.78, 5) is 16.0. The van der Waals surface area contributed by atoms with Gasteiger partial charge in [0.1, 0.15) is 17.9 Å². The summed E-state index contributed by atoms with van der Waals surface area (Å²) >= 11 is 2.15. The molecule has 0 radical (unpaired) electrons. The summed E-state index contributed by atoms with van der Waals surface area (Å²) in [6.45, 7) is 0.373. The van der Waals surface area contributed by atoms with E-state index in [1.54, 1.807) is 48.4 Å². The van der Waals surface area contributed by atoms with Gasteiger partial charge in [0.25, 0.3) is 0 Å². The van der Waals surface area contributed by atoms with Crippen LogP contribution in [0.1, 0.15) is 16.1 Å². The van der Waals surface area contributed by atoms with Crippen molar-refractivity contribution in [3.63, 3.8) is 0 Å². The number of aromatic nitrogens is 2. The average molecular weight is 360 g/mol. The van der Waals surface area contributed by atoms with E-state index in [2.05, 4.69) is 27.0 Å². The second kappa shape index (κ2) is 5.60. The molecule has 1 unspecified atom stereocenters. The van der Waals surface area contributed by atoms with Gasteiger partial charge in [0.15, 0.2) is 0 Å². The molecule has 0 saturated carbocycles. The summed E-state index contributed by atoms with van der Waals surface area (Å²) < 4.78 is 7.05. The largest absolute Gasteiger partial charge is 0.467 e. The van der Waals surface area contributed by atoms with Crippen molar-refractivity contribution in [3.05, 3.63) is 48.0 Å². The number of carbonyl (C=O) groups excluding carboxylic acids is 1. The highest BCUT2D eigenvalue weighted by molar-refractivity contribution is 14.2. The topological polar surface area (TPSA) is 44.1 Å². The van der Waals surface area contributed by atoms with Crippen molar-refractivity contribution in [2.75, 3.05) is 0 Å². The number of ketones is 1. The van der Waals surface area contributed by atoms with Crippen LogP contribution in [0.2, 0.25) is 0 Å². The van der Waals surface area contributed by atoms with E-state index in [1.165, 1.54) is 0 Å². The Morgan fingerprint density at radius 1 is 1.41 bits per heavy atom. The highest BCUT2D eigenvalue weighted by Gasteiger charge is 2.12. The van der Waals surface area contributed by atoms with Gasteiger partial charge in [0, 0.05) is 12.6 Å². The molecule has 1 heterocycles. The third-order valence-corrected chi connectivity index (χ3v) is 3.30. The zero-order valence-corrected chi connectivity index (χ0v) is 12.2. The van der Waals surface area contributed by atoms with E-state index in [4.69, 9.17) is 4.52 Å². The molecule has 2 rings (SSSR count). The molecule has 0 saturated heterocycles. The third-order valence-electron chi connectivity index (χ3n) is 2.32. The van der Waals surface area contributed by atoms with Crippen molar-refractivity contribution in [3.8, 4) is 5.75 Å². The summed E-state index contributed by atoms with van der Waals surface area (Å²) in [6, 6.07) is 7.13. The van der Waals surface area contributed by atoms with Crippen molar-refractivity contribution in [1.82, 2.24) is 9.55 Å². The van der Waals surface area contributed by atoms with Crippen molar-refractivity contribution >= 4 is 34.3 Å². The lowest BCUT2D eigenvalue weighted by Gasteiger charge is -2.04. The summed E-state index contributed by atoms with van der Waals surface area (Å²) in [7, 11) is 1.80. The zero-order chi connectivity index (χ0) is 12.3. The lowest BCUT2D eigenvalue weighted by Crippen LogP contribution is -2.06. The van der Waals surface area contributed by atoms with Gasteiger partial charge in [0.05, 0.1) is 12.5 Å². The fourth-order valence-electron chi connectivity index (χ4n) is 1.44. The van der Waals surface area contributed by atoms with Gasteiger partial charge >= 0.3 is 0 Å². The Kier molecular flexibility index (Phi) is 4.12. The Hall–Kier alpha value is -0.940. The minimum Gasteiger partial charge on any atom is -0.467 e. The van der Waals surface area contributed by atoms with Gasteiger partial charge in [-0.1, -0.05) is 0 Å². The van der Waals surface area contributed by atoms with Gasteiger partial charge in [-0.15, -0.1) is 0 Å². The number of rotatable bonds is 4. The normalized spacial score (nSPS) is 10.9. The van der Waals surface area contributed by atoms with Crippen LogP contribution in [0.5, 0.6) is 5.75 Å². The van der Waals surface area contributed by atoms with Gasteiger partial charge < -0.3 is 9.09 Å². The molecular formula is C11H10IN2O2P. The smallest absolute Gasteiger partial charge is 0.211 e. The van der Waals surface area contributed by atoms with Crippen LogP contribution >= 0.6 is 28.5 Å². The Morgan fingerprint density at radius 2 is 2.12 bits per heavy atom. The molecule has 2 aromatic rings. The predicted molar refractivity (Wildman–Crippen MR) is 76.0 cm³/mol. The summed E-state index contributed by atoms with van der Waals surface area (Å²) in [6.07, 6.45) is 3.18. The zero-order valence-electron chi connectivity index (χ0n) is 9.05. The SMILES string of the molecule is Cn1cncc1C(=O)c1ccc(OPI)cc1. The first-order valence-electron chi connectivity index (χ1n) is 4.86. The molecule has 0 N–H and O–H groups in total. The maximum Gasteiger partial charge on any atom is 0.211 e. The Bertz CT molecular complexity index is 525. The molecule has 1 atom stereocenters. The fraction of sp³-hybridized carbons (Fsp3) is 0.0909. The van der Waals surface area contributed by atoms with Gasteiger partial charge in [0.2, 0.25) is 5.78 Å². The van der Waals surface area contributed by atoms with E-state index in [1.807, 2.05) is 0 Å². The molecule has 0 amide bonds. The standard InChI is InChI=1S/C11H10IN2O2P/c1-14-7-13-6-10(14)11(15)8-2-4-9(5-3-8)16-17-12/h2-7,17H,1H3. The average Bonchev–Trinajstić information content (AvgIpc) is 2.76. The minimum absolute atomic E-state index is 0.0338. The number of aryl methyl sites for hydroxylation is 1. The number of imidazole rings is 1. The Balaban J connectivity index is 2.23. The molecule has 0 fully saturated rings. The fourth-order valence-corrected chi connectivity index (χ4v) is 2.43. The monoisotopic (exact) mass is 360 g/mol. The van der Waals surface area contributed by atoms with Gasteiger partial charge in [-0.25, -0.2) is 4.98 Å². The Labute approximate surface area is 114 Å². The lowest BCUT2D eigenvalue weighted by molar-refractivity contribution is 0.103. The highest BCUT2D eigenvalue weighted by Crippen LogP contribution is 2.26. The highest BCUT2D eigenvalue weighted by atomic mass is 127. The number of nitrogens with zero attached hydrogens (tertiary/aromatic N) is 2. The molecule has 4 nitrogen and oxygen atoms in total. The van der Waals surface area contributed by atoms with E-state index < -0.39 is 0 Å². The predicted octanol–water partition coefficient (Wildman–Crippen LogP) is 2.97. The molecule has 0 aliphatic rings. The third kappa shape index (κ3) is 2.84. The summed E-state index contributed by atoms with van der Waals surface area (Å²) in [5, 5.41) is 0. The van der Waals surface area contributed by atoms with E-state index in [0.29, 0.717) is 17.7 Å². The molecule has 0 aliphatic heterocycles. The lowest BCUT2D eigenvalue weighted by atomic mass is 10.1. The molecule has 6 heteroatoms. The van der Waals surface area contributed by atoms with Crippen LogP contribution in [0.25, 0.3) is 0 Å². The first-order valence-corrected chi connectivity index (χ1v) is 8.88. The van der Waals surface area contributed by atoms with Crippen LogP contribution in [-0.2, 0) is 7.05 Å². The Morgan fingerprint density at radius 3 is 2.65 bits per heavy atom. The molecule has 1 aromatic heterocycles. The number of carbonyl (C=O) groups is 1. The number of hydrogen-bond donors (Lipinski definition) is 0. The van der Waals surface area contributed by atoms with E-state index in [-0.39, 0.29) is 5.78 Å². The molecule has 0 bridgehead atoms. The van der Waals surface area contributed by atoms with Gasteiger partial charge in [-0.3, -0.25) is 4.79 Å². The maximum atomic E-state index is 12.1. The number of hydrogen-bond acceptors (Lipinski definition) is 3. The van der Waals surface area contributed by atoms with Gasteiger partial charge in [-0.2, -0.15) is 0 Å². The van der Waals surface area contributed by atoms with Crippen molar-refractivity contribution in [2.45, 2.75) is 0 Å². The van der Waals surface area contributed by atoms with Crippen LogP contribution < -0.4 is 4.52 Å². The van der Waals surface area contributed by atoms with Crippen molar-refractivity contribution < 1.29 is 9.32 Å².